The van der Waals surface area contributed by atoms with Gasteiger partial charge in [-0.05, 0) is 24.6 Å². The Morgan fingerprint density at radius 3 is 2.54 bits per heavy atom. The second kappa shape index (κ2) is 4.88. The third kappa shape index (κ3) is 2.74. The first-order chi connectivity index (χ1) is 6.27. The van der Waals surface area contributed by atoms with Gasteiger partial charge in [-0.2, -0.15) is 5.26 Å². The van der Waals surface area contributed by atoms with Crippen LogP contribution in [0.4, 0.5) is 0 Å². The van der Waals surface area contributed by atoms with Crippen molar-refractivity contribution in [2.45, 2.75) is 11.8 Å². The molecule has 1 aromatic rings. The van der Waals surface area contributed by atoms with Crippen LogP contribution in [0.5, 0.6) is 5.75 Å². The van der Waals surface area contributed by atoms with Crippen LogP contribution in [0.2, 0.25) is 0 Å². The summed E-state index contributed by atoms with van der Waals surface area (Å²) in [6, 6.07) is 9.60. The number of benzene rings is 1. The van der Waals surface area contributed by atoms with Gasteiger partial charge in [0.25, 0.3) is 0 Å². The van der Waals surface area contributed by atoms with E-state index in [-0.39, 0.29) is 4.83 Å². The fourth-order valence-electron chi connectivity index (χ4n) is 0.974. The molecule has 0 aliphatic heterocycles. The van der Waals surface area contributed by atoms with Crippen molar-refractivity contribution in [1.29, 1.82) is 5.26 Å². The smallest absolute Gasteiger partial charge is 0.126 e. The van der Waals surface area contributed by atoms with Gasteiger partial charge in [-0.25, -0.2) is 0 Å². The third-order valence-electron chi connectivity index (χ3n) is 1.60. The molecule has 0 saturated heterocycles. The summed E-state index contributed by atoms with van der Waals surface area (Å²) in [6.45, 7) is 2.60. The van der Waals surface area contributed by atoms with Gasteiger partial charge in [-0.3, -0.25) is 0 Å². The number of rotatable bonds is 3. The number of ether oxygens (including phenoxy) is 1. The average Bonchev–Trinajstić information content (AvgIpc) is 2.18. The first-order valence-electron chi connectivity index (χ1n) is 4.04. The Morgan fingerprint density at radius 2 is 2.08 bits per heavy atom. The maximum absolute atomic E-state index is 8.63. The minimum Gasteiger partial charge on any atom is -0.494 e. The van der Waals surface area contributed by atoms with E-state index in [0.717, 1.165) is 11.3 Å². The predicted molar refractivity (Wildman–Crippen MR) is 54.9 cm³/mol. The zero-order valence-corrected chi connectivity index (χ0v) is 8.91. The maximum atomic E-state index is 8.63. The quantitative estimate of drug-likeness (QED) is 0.760. The summed E-state index contributed by atoms with van der Waals surface area (Å²) in [5.74, 6) is 0.837. The summed E-state index contributed by atoms with van der Waals surface area (Å²) >= 11 is 3.25. The van der Waals surface area contributed by atoms with E-state index in [9.17, 15) is 0 Å². The Bertz CT molecular complexity index is 302. The molecule has 1 rings (SSSR count). The molecule has 0 radical (unpaired) electrons. The highest BCUT2D eigenvalue weighted by Crippen LogP contribution is 2.23. The van der Waals surface area contributed by atoms with Gasteiger partial charge in [-0.15, -0.1) is 0 Å². The van der Waals surface area contributed by atoms with Crippen LogP contribution >= 0.6 is 15.9 Å². The highest BCUT2D eigenvalue weighted by Gasteiger charge is 2.04. The largest absolute Gasteiger partial charge is 0.494 e. The molecule has 0 aliphatic carbocycles. The first kappa shape index (κ1) is 10.1. The molecule has 0 amide bonds. The lowest BCUT2D eigenvalue weighted by Crippen LogP contribution is -1.92. The lowest BCUT2D eigenvalue weighted by atomic mass is 10.2. The van der Waals surface area contributed by atoms with Crippen LogP contribution in [0.15, 0.2) is 24.3 Å². The van der Waals surface area contributed by atoms with E-state index in [2.05, 4.69) is 22.0 Å². The van der Waals surface area contributed by atoms with Gasteiger partial charge in [0.15, 0.2) is 0 Å². The van der Waals surface area contributed by atoms with Crippen molar-refractivity contribution >= 4 is 15.9 Å². The summed E-state index contributed by atoms with van der Waals surface area (Å²) < 4.78 is 5.28. The Morgan fingerprint density at radius 1 is 1.46 bits per heavy atom. The number of nitriles is 1. The summed E-state index contributed by atoms with van der Waals surface area (Å²) in [4.78, 5) is -0.233. The van der Waals surface area contributed by atoms with E-state index >= 15 is 0 Å². The fourth-order valence-corrected chi connectivity index (χ4v) is 1.28. The van der Waals surface area contributed by atoms with Crippen molar-refractivity contribution in [3.63, 3.8) is 0 Å². The molecule has 1 atom stereocenters. The van der Waals surface area contributed by atoms with E-state index < -0.39 is 0 Å². The van der Waals surface area contributed by atoms with E-state index in [1.807, 2.05) is 31.2 Å². The van der Waals surface area contributed by atoms with E-state index in [0.29, 0.717) is 6.61 Å². The molecule has 3 heteroatoms. The van der Waals surface area contributed by atoms with Gasteiger partial charge in [-0.1, -0.05) is 28.1 Å². The zero-order valence-electron chi connectivity index (χ0n) is 7.33. The molecule has 0 saturated carbocycles. The number of hydrogen-bond donors (Lipinski definition) is 0. The van der Waals surface area contributed by atoms with Gasteiger partial charge >= 0.3 is 0 Å². The zero-order chi connectivity index (χ0) is 9.68. The average molecular weight is 240 g/mol. The van der Waals surface area contributed by atoms with E-state index in [4.69, 9.17) is 10.00 Å². The molecule has 2 nitrogen and oxygen atoms in total. The number of alkyl halides is 1. The molecule has 0 N–H and O–H groups in total. The molecular formula is C10H10BrNO. The highest BCUT2D eigenvalue weighted by molar-refractivity contribution is 9.09. The van der Waals surface area contributed by atoms with Crippen molar-refractivity contribution in [3.05, 3.63) is 29.8 Å². The Kier molecular flexibility index (Phi) is 3.78. The normalized spacial score (nSPS) is 11.8. The van der Waals surface area contributed by atoms with Gasteiger partial charge in [0.2, 0.25) is 0 Å². The lowest BCUT2D eigenvalue weighted by Gasteiger charge is -2.04. The van der Waals surface area contributed by atoms with Crippen LogP contribution in [0.3, 0.4) is 0 Å². The van der Waals surface area contributed by atoms with Crippen molar-refractivity contribution in [1.82, 2.24) is 0 Å². The van der Waals surface area contributed by atoms with Gasteiger partial charge in [0.1, 0.15) is 10.6 Å². The van der Waals surface area contributed by atoms with Crippen LogP contribution < -0.4 is 4.74 Å². The van der Waals surface area contributed by atoms with E-state index in [1.165, 1.54) is 0 Å². The molecule has 0 aliphatic rings. The monoisotopic (exact) mass is 239 g/mol. The molecule has 0 fully saturated rings. The van der Waals surface area contributed by atoms with Crippen molar-refractivity contribution < 1.29 is 4.74 Å². The van der Waals surface area contributed by atoms with E-state index in [1.54, 1.807) is 0 Å². The molecule has 0 spiro atoms. The molecule has 1 aromatic carbocycles. The minimum absolute atomic E-state index is 0.233. The number of halogens is 1. The third-order valence-corrected chi connectivity index (χ3v) is 2.33. The van der Waals surface area contributed by atoms with Crippen molar-refractivity contribution in [3.8, 4) is 11.8 Å². The summed E-state index contributed by atoms with van der Waals surface area (Å²) in [5, 5.41) is 8.63. The Labute approximate surface area is 86.3 Å². The highest BCUT2D eigenvalue weighted by atomic mass is 79.9. The van der Waals surface area contributed by atoms with Crippen LogP contribution in [0.1, 0.15) is 17.3 Å². The lowest BCUT2D eigenvalue weighted by molar-refractivity contribution is 0.340. The summed E-state index contributed by atoms with van der Waals surface area (Å²) in [7, 11) is 0. The van der Waals surface area contributed by atoms with Crippen LogP contribution in [0, 0.1) is 11.3 Å². The standard InChI is InChI=1S/C10H10BrNO/c1-2-13-9-5-3-8(4-6-9)10(11)7-12/h3-6,10H,2H2,1H3. The fraction of sp³-hybridized carbons (Fsp3) is 0.300. The molecule has 1 unspecified atom stereocenters. The molecule has 13 heavy (non-hydrogen) atoms. The Balaban J connectivity index is 2.76. The van der Waals surface area contributed by atoms with Gasteiger partial charge < -0.3 is 4.74 Å². The minimum atomic E-state index is -0.233. The van der Waals surface area contributed by atoms with Crippen LogP contribution in [-0.4, -0.2) is 6.61 Å². The number of nitrogens with zero attached hydrogens (tertiary/aromatic N) is 1. The van der Waals surface area contributed by atoms with Gasteiger partial charge in [0, 0.05) is 0 Å². The van der Waals surface area contributed by atoms with Crippen LogP contribution in [0.25, 0.3) is 0 Å². The molecular weight excluding hydrogens is 230 g/mol. The number of hydrogen-bond acceptors (Lipinski definition) is 2. The molecule has 0 aromatic heterocycles. The van der Waals surface area contributed by atoms with Gasteiger partial charge in [0.05, 0.1) is 12.7 Å². The topological polar surface area (TPSA) is 33.0 Å². The first-order valence-corrected chi connectivity index (χ1v) is 4.96. The molecule has 0 bridgehead atoms. The molecule has 68 valence electrons. The Hall–Kier alpha value is -1.01. The van der Waals surface area contributed by atoms with Crippen molar-refractivity contribution in [2.24, 2.45) is 0 Å². The second-order valence-electron chi connectivity index (χ2n) is 2.49. The second-order valence-corrected chi connectivity index (χ2v) is 3.41. The molecule has 0 heterocycles. The maximum Gasteiger partial charge on any atom is 0.126 e. The summed E-state index contributed by atoms with van der Waals surface area (Å²) in [6.07, 6.45) is 0. The SMILES string of the molecule is CCOc1ccc(C(Br)C#N)cc1. The summed E-state index contributed by atoms with van der Waals surface area (Å²) in [5.41, 5.74) is 0.950. The van der Waals surface area contributed by atoms with Crippen molar-refractivity contribution in [2.75, 3.05) is 6.61 Å². The van der Waals surface area contributed by atoms with Crippen LogP contribution in [-0.2, 0) is 0 Å². The predicted octanol–water partition coefficient (Wildman–Crippen LogP) is 3.04.